The van der Waals surface area contributed by atoms with Crippen LogP contribution in [0.4, 0.5) is 23.3 Å². The molecule has 0 bridgehead atoms. The number of aromatic nitrogens is 4. The third-order valence-corrected chi connectivity index (χ3v) is 6.01. The van der Waals surface area contributed by atoms with E-state index < -0.39 is 0 Å². The van der Waals surface area contributed by atoms with E-state index in [4.69, 9.17) is 11.6 Å². The maximum Gasteiger partial charge on any atom is 0.255 e. The zero-order valence-corrected chi connectivity index (χ0v) is 20.3. The second-order valence-corrected chi connectivity index (χ2v) is 8.96. The Morgan fingerprint density at radius 2 is 1.76 bits per heavy atom. The Kier molecular flexibility index (Phi) is 7.18. The molecule has 4 aromatic rings. The van der Waals surface area contributed by atoms with E-state index in [9.17, 15) is 4.79 Å². The van der Waals surface area contributed by atoms with E-state index in [1.54, 1.807) is 30.5 Å². The van der Waals surface area contributed by atoms with Crippen LogP contribution in [0.25, 0.3) is 0 Å². The smallest absolute Gasteiger partial charge is 0.255 e. The van der Waals surface area contributed by atoms with Crippen molar-refractivity contribution < 1.29 is 4.79 Å². The maximum absolute atomic E-state index is 12.6. The number of nitrogens with zero attached hydrogens (tertiary/aromatic N) is 5. The first-order valence-corrected chi connectivity index (χ1v) is 12.2. The standard InChI is InChI=1S/C27H29N9O/c28-22-6-1-2-7-23(22)32-25(37)20-10-8-18(9-11-20)17-36(29)27-34-24(19-12-13-19)33-26(35-27)31-16-14-21-5-3-4-15-30-21/h1-11,15,19H,12-14,16-17,28-29H2,(H,32,37)(H,31,33,34,35). The molecule has 0 atom stereocenters. The molecule has 0 radical (unpaired) electrons. The van der Waals surface area contributed by atoms with Gasteiger partial charge in [-0.25, -0.2) is 5.84 Å². The summed E-state index contributed by atoms with van der Waals surface area (Å²) in [5.74, 6) is 8.15. The topological polar surface area (TPSA) is 148 Å². The molecule has 2 heterocycles. The number of rotatable bonds is 10. The third kappa shape index (κ3) is 6.36. The number of nitrogen functional groups attached to an aromatic ring is 1. The molecule has 188 valence electrons. The lowest BCUT2D eigenvalue weighted by Crippen LogP contribution is -2.32. The van der Waals surface area contributed by atoms with Crippen molar-refractivity contribution in [1.82, 2.24) is 19.9 Å². The monoisotopic (exact) mass is 495 g/mol. The van der Waals surface area contributed by atoms with Crippen LogP contribution in [0.2, 0.25) is 0 Å². The lowest BCUT2D eigenvalue weighted by atomic mass is 10.1. The number of hydrazine groups is 1. The number of para-hydroxylation sites is 2. The summed E-state index contributed by atoms with van der Waals surface area (Å²) in [6.07, 6.45) is 4.68. The molecule has 2 aromatic heterocycles. The molecule has 0 unspecified atom stereocenters. The van der Waals surface area contributed by atoms with Crippen molar-refractivity contribution in [2.24, 2.45) is 5.84 Å². The summed E-state index contributed by atoms with van der Waals surface area (Å²) < 4.78 is 0. The Bertz CT molecular complexity index is 1360. The minimum absolute atomic E-state index is 0.234. The van der Waals surface area contributed by atoms with Crippen molar-refractivity contribution in [3.63, 3.8) is 0 Å². The van der Waals surface area contributed by atoms with Gasteiger partial charge in [0.15, 0.2) is 0 Å². The summed E-state index contributed by atoms with van der Waals surface area (Å²) in [5.41, 5.74) is 9.44. The fraction of sp³-hybridized carbons (Fsp3) is 0.222. The van der Waals surface area contributed by atoms with Crippen LogP contribution in [-0.2, 0) is 13.0 Å². The van der Waals surface area contributed by atoms with Crippen LogP contribution >= 0.6 is 0 Å². The summed E-state index contributed by atoms with van der Waals surface area (Å²) in [6, 6.07) is 20.2. The van der Waals surface area contributed by atoms with Gasteiger partial charge in [0.05, 0.1) is 17.9 Å². The summed E-state index contributed by atoms with van der Waals surface area (Å²) in [6.45, 7) is 1.02. The number of nitrogens with two attached hydrogens (primary N) is 2. The molecule has 1 fully saturated rings. The molecule has 0 saturated heterocycles. The number of anilines is 4. The van der Waals surface area contributed by atoms with E-state index >= 15 is 0 Å². The van der Waals surface area contributed by atoms with Gasteiger partial charge in [0, 0.05) is 36.3 Å². The van der Waals surface area contributed by atoms with Crippen molar-refractivity contribution in [2.45, 2.75) is 31.7 Å². The van der Waals surface area contributed by atoms with Gasteiger partial charge in [0.25, 0.3) is 5.91 Å². The van der Waals surface area contributed by atoms with Crippen LogP contribution < -0.4 is 27.2 Å². The second kappa shape index (κ2) is 11.0. The van der Waals surface area contributed by atoms with E-state index in [1.165, 1.54) is 5.01 Å². The van der Waals surface area contributed by atoms with Gasteiger partial charge >= 0.3 is 0 Å². The predicted octanol–water partition coefficient (Wildman–Crippen LogP) is 3.51. The zero-order chi connectivity index (χ0) is 25.6. The molecule has 0 aliphatic heterocycles. The molecule has 2 aromatic carbocycles. The molecule has 10 heteroatoms. The second-order valence-electron chi connectivity index (χ2n) is 8.96. The van der Waals surface area contributed by atoms with Gasteiger partial charge in [0.2, 0.25) is 11.9 Å². The van der Waals surface area contributed by atoms with Crippen LogP contribution in [0.3, 0.4) is 0 Å². The molecule has 0 spiro atoms. The van der Waals surface area contributed by atoms with E-state index in [-0.39, 0.29) is 5.91 Å². The SMILES string of the molecule is Nc1ccccc1NC(=O)c1ccc(CN(N)c2nc(NCCc3ccccn3)nc(C3CC3)n2)cc1. The molecule has 1 aliphatic rings. The number of pyridine rings is 1. The summed E-state index contributed by atoms with van der Waals surface area (Å²) >= 11 is 0. The first-order valence-electron chi connectivity index (χ1n) is 12.2. The molecule has 10 nitrogen and oxygen atoms in total. The Labute approximate surface area is 215 Å². The van der Waals surface area contributed by atoms with Crippen LogP contribution in [-0.4, -0.2) is 32.4 Å². The Hall–Kier alpha value is -4.57. The first-order chi connectivity index (χ1) is 18.0. The van der Waals surface area contributed by atoms with Crippen LogP contribution in [0.5, 0.6) is 0 Å². The highest BCUT2D eigenvalue weighted by Gasteiger charge is 2.28. The Morgan fingerprint density at radius 3 is 2.49 bits per heavy atom. The van der Waals surface area contributed by atoms with Gasteiger partial charge in [-0.05, 0) is 54.8 Å². The Morgan fingerprint density at radius 1 is 0.973 bits per heavy atom. The van der Waals surface area contributed by atoms with Gasteiger partial charge in [-0.2, -0.15) is 15.0 Å². The van der Waals surface area contributed by atoms with Crippen molar-refractivity contribution in [1.29, 1.82) is 0 Å². The highest BCUT2D eigenvalue weighted by molar-refractivity contribution is 6.05. The summed E-state index contributed by atoms with van der Waals surface area (Å²) in [5, 5.41) is 7.61. The quantitative estimate of drug-likeness (QED) is 0.147. The van der Waals surface area contributed by atoms with Gasteiger partial charge in [0.1, 0.15) is 5.82 Å². The number of hydrogen-bond acceptors (Lipinski definition) is 9. The normalized spacial score (nSPS) is 12.7. The lowest BCUT2D eigenvalue weighted by molar-refractivity contribution is 0.102. The van der Waals surface area contributed by atoms with Gasteiger partial charge in [-0.3, -0.25) is 14.8 Å². The first kappa shape index (κ1) is 24.1. The molecule has 37 heavy (non-hydrogen) atoms. The minimum Gasteiger partial charge on any atom is -0.397 e. The zero-order valence-electron chi connectivity index (χ0n) is 20.3. The van der Waals surface area contributed by atoms with Crippen molar-refractivity contribution in [3.05, 3.63) is 95.6 Å². The minimum atomic E-state index is -0.234. The molecule has 1 amide bonds. The average Bonchev–Trinajstić information content (AvgIpc) is 3.77. The summed E-state index contributed by atoms with van der Waals surface area (Å²) in [4.78, 5) is 30.7. The highest BCUT2D eigenvalue weighted by Crippen LogP contribution is 2.38. The predicted molar refractivity (Wildman–Crippen MR) is 144 cm³/mol. The van der Waals surface area contributed by atoms with Crippen LogP contribution in [0.1, 0.15) is 46.2 Å². The van der Waals surface area contributed by atoms with Crippen LogP contribution in [0.15, 0.2) is 72.9 Å². The van der Waals surface area contributed by atoms with E-state index in [1.807, 2.05) is 42.5 Å². The van der Waals surface area contributed by atoms with Crippen molar-refractivity contribution in [3.8, 4) is 0 Å². The van der Waals surface area contributed by atoms with Gasteiger partial charge < -0.3 is 16.4 Å². The number of amides is 1. The van der Waals surface area contributed by atoms with Crippen molar-refractivity contribution >= 4 is 29.2 Å². The molecule has 6 N–H and O–H groups in total. The van der Waals surface area contributed by atoms with E-state index in [0.717, 1.165) is 36.3 Å². The number of benzene rings is 2. The van der Waals surface area contributed by atoms with Crippen LogP contribution in [0, 0.1) is 0 Å². The average molecular weight is 496 g/mol. The summed E-state index contributed by atoms with van der Waals surface area (Å²) in [7, 11) is 0. The number of hydrogen-bond donors (Lipinski definition) is 4. The van der Waals surface area contributed by atoms with Gasteiger partial charge in [-0.1, -0.05) is 30.3 Å². The number of carbonyl (C=O) groups is 1. The van der Waals surface area contributed by atoms with Crippen molar-refractivity contribution in [2.75, 3.05) is 27.9 Å². The van der Waals surface area contributed by atoms with E-state index in [2.05, 4.69) is 30.6 Å². The maximum atomic E-state index is 12.6. The fourth-order valence-electron chi connectivity index (χ4n) is 3.79. The molecular weight excluding hydrogens is 466 g/mol. The molecule has 5 rings (SSSR count). The molecular formula is C27H29N9O. The molecule has 1 saturated carbocycles. The molecule has 1 aliphatic carbocycles. The fourth-order valence-corrected chi connectivity index (χ4v) is 3.79. The Balaban J connectivity index is 1.23. The number of carbonyl (C=O) groups excluding carboxylic acids is 1. The van der Waals surface area contributed by atoms with E-state index in [0.29, 0.717) is 47.8 Å². The largest absolute Gasteiger partial charge is 0.397 e. The number of nitrogens with one attached hydrogen (secondary N) is 2. The third-order valence-electron chi connectivity index (χ3n) is 6.01. The van der Waals surface area contributed by atoms with Gasteiger partial charge in [-0.15, -0.1) is 0 Å². The highest BCUT2D eigenvalue weighted by atomic mass is 16.1. The lowest BCUT2D eigenvalue weighted by Gasteiger charge is -2.18.